The number of nitrogens with zero attached hydrogens (tertiary/aromatic N) is 3. The number of aromatic nitrogens is 2. The number of anilines is 1. The summed E-state index contributed by atoms with van der Waals surface area (Å²) in [4.78, 5) is 23.3. The predicted octanol–water partition coefficient (Wildman–Crippen LogP) is 3.92. The van der Waals surface area contributed by atoms with Gasteiger partial charge in [-0.3, -0.25) is 9.78 Å². The van der Waals surface area contributed by atoms with E-state index in [9.17, 15) is 4.79 Å². The van der Waals surface area contributed by atoms with Gasteiger partial charge in [-0.25, -0.2) is 4.98 Å². The van der Waals surface area contributed by atoms with Crippen molar-refractivity contribution in [2.24, 2.45) is 0 Å². The number of carbonyl (C=O) groups is 1. The number of aryl methyl sites for hydroxylation is 1. The van der Waals surface area contributed by atoms with Gasteiger partial charge < -0.3 is 14.4 Å². The Morgan fingerprint density at radius 2 is 1.83 bits per heavy atom. The van der Waals surface area contributed by atoms with E-state index in [1.165, 1.54) is 6.20 Å². The average Bonchev–Trinajstić information content (AvgIpc) is 2.77. The van der Waals surface area contributed by atoms with Crippen LogP contribution in [-0.2, 0) is 0 Å². The van der Waals surface area contributed by atoms with Crippen molar-refractivity contribution in [1.82, 2.24) is 9.97 Å². The van der Waals surface area contributed by atoms with Crippen LogP contribution in [0.1, 0.15) is 21.7 Å². The SMILES string of the molecule is Cc1cnc(C(=O)N(CC=Cc2ccccc2)c2ccc3c(c2)OCCO3)cn1. The summed E-state index contributed by atoms with van der Waals surface area (Å²) >= 11 is 0. The molecule has 0 aliphatic carbocycles. The molecule has 2 aromatic carbocycles. The van der Waals surface area contributed by atoms with Crippen molar-refractivity contribution in [3.05, 3.63) is 84.0 Å². The average molecular weight is 387 g/mol. The predicted molar refractivity (Wildman–Crippen MR) is 111 cm³/mol. The Hall–Kier alpha value is -3.67. The summed E-state index contributed by atoms with van der Waals surface area (Å²) in [6.07, 6.45) is 7.03. The number of hydrogen-bond donors (Lipinski definition) is 0. The molecule has 0 bridgehead atoms. The van der Waals surface area contributed by atoms with Gasteiger partial charge in [0.1, 0.15) is 18.9 Å². The van der Waals surface area contributed by atoms with Crippen molar-refractivity contribution in [3.63, 3.8) is 0 Å². The zero-order valence-electron chi connectivity index (χ0n) is 16.1. The number of ether oxygens (including phenoxy) is 2. The number of hydrogen-bond acceptors (Lipinski definition) is 5. The Balaban J connectivity index is 1.63. The van der Waals surface area contributed by atoms with Gasteiger partial charge in [-0.1, -0.05) is 42.5 Å². The second-order valence-electron chi connectivity index (χ2n) is 6.60. The summed E-state index contributed by atoms with van der Waals surface area (Å²) in [7, 11) is 0. The smallest absolute Gasteiger partial charge is 0.278 e. The van der Waals surface area contributed by atoms with Crippen LogP contribution in [0, 0.1) is 6.92 Å². The molecule has 0 saturated heterocycles. The van der Waals surface area contributed by atoms with E-state index < -0.39 is 0 Å². The summed E-state index contributed by atoms with van der Waals surface area (Å²) in [6.45, 7) is 3.22. The van der Waals surface area contributed by atoms with E-state index in [1.54, 1.807) is 11.1 Å². The van der Waals surface area contributed by atoms with Gasteiger partial charge in [-0.15, -0.1) is 0 Å². The molecule has 6 nitrogen and oxygen atoms in total. The van der Waals surface area contributed by atoms with Gasteiger partial charge in [-0.2, -0.15) is 0 Å². The minimum atomic E-state index is -0.230. The van der Waals surface area contributed by atoms with Crippen LogP contribution in [-0.4, -0.2) is 35.6 Å². The fourth-order valence-corrected chi connectivity index (χ4v) is 3.01. The first-order chi connectivity index (χ1) is 14.2. The molecule has 1 amide bonds. The highest BCUT2D eigenvalue weighted by Crippen LogP contribution is 2.34. The summed E-state index contributed by atoms with van der Waals surface area (Å²) < 4.78 is 11.3. The molecule has 0 atom stereocenters. The fraction of sp³-hybridized carbons (Fsp3) is 0.174. The van der Waals surface area contributed by atoms with Crippen LogP contribution in [0.15, 0.2) is 67.0 Å². The Kier molecular flexibility index (Phi) is 5.52. The minimum absolute atomic E-state index is 0.230. The summed E-state index contributed by atoms with van der Waals surface area (Å²) in [5, 5.41) is 0. The molecule has 3 aromatic rings. The van der Waals surface area contributed by atoms with E-state index >= 15 is 0 Å². The maximum atomic E-state index is 13.2. The highest BCUT2D eigenvalue weighted by atomic mass is 16.6. The van der Waals surface area contributed by atoms with Crippen LogP contribution in [0.3, 0.4) is 0 Å². The van der Waals surface area contributed by atoms with Crippen LogP contribution < -0.4 is 14.4 Å². The number of benzene rings is 2. The third kappa shape index (κ3) is 4.43. The molecule has 6 heteroatoms. The zero-order chi connectivity index (χ0) is 20.1. The lowest BCUT2D eigenvalue weighted by Crippen LogP contribution is -2.32. The second kappa shape index (κ2) is 8.56. The van der Waals surface area contributed by atoms with Crippen molar-refractivity contribution in [2.75, 3.05) is 24.7 Å². The first kappa shape index (κ1) is 18.7. The molecule has 0 radical (unpaired) electrons. The summed E-state index contributed by atoms with van der Waals surface area (Å²) in [5.74, 6) is 1.09. The van der Waals surface area contributed by atoms with Gasteiger partial charge >= 0.3 is 0 Å². The largest absolute Gasteiger partial charge is 0.486 e. The van der Waals surface area contributed by atoms with E-state index in [0.29, 0.717) is 42.6 Å². The van der Waals surface area contributed by atoms with E-state index in [-0.39, 0.29) is 5.91 Å². The van der Waals surface area contributed by atoms with Crippen LogP contribution in [0.2, 0.25) is 0 Å². The molecule has 0 fully saturated rings. The molecule has 4 rings (SSSR count). The van der Waals surface area contributed by atoms with Gasteiger partial charge in [-0.05, 0) is 24.6 Å². The Bertz CT molecular complexity index is 1020. The van der Waals surface area contributed by atoms with E-state index in [4.69, 9.17) is 9.47 Å². The third-order valence-corrected chi connectivity index (χ3v) is 4.48. The molecule has 29 heavy (non-hydrogen) atoms. The fourth-order valence-electron chi connectivity index (χ4n) is 3.01. The van der Waals surface area contributed by atoms with Crippen molar-refractivity contribution in [2.45, 2.75) is 6.92 Å². The number of fused-ring (bicyclic) bond motifs is 1. The van der Waals surface area contributed by atoms with Gasteiger partial charge in [0.15, 0.2) is 11.5 Å². The van der Waals surface area contributed by atoms with Gasteiger partial charge in [0.2, 0.25) is 0 Å². The lowest BCUT2D eigenvalue weighted by molar-refractivity contribution is 0.0984. The summed E-state index contributed by atoms with van der Waals surface area (Å²) in [6, 6.07) is 15.4. The molecule has 2 heterocycles. The highest BCUT2D eigenvalue weighted by molar-refractivity contribution is 6.05. The first-order valence-corrected chi connectivity index (χ1v) is 9.42. The van der Waals surface area contributed by atoms with Crippen molar-refractivity contribution in [1.29, 1.82) is 0 Å². The maximum absolute atomic E-state index is 13.2. The first-order valence-electron chi connectivity index (χ1n) is 9.42. The van der Waals surface area contributed by atoms with Gasteiger partial charge in [0.05, 0.1) is 11.9 Å². The minimum Gasteiger partial charge on any atom is -0.486 e. The van der Waals surface area contributed by atoms with E-state index in [1.807, 2.05) is 67.6 Å². The molecule has 0 saturated carbocycles. The lowest BCUT2D eigenvalue weighted by Gasteiger charge is -2.24. The molecule has 0 spiro atoms. The third-order valence-electron chi connectivity index (χ3n) is 4.48. The Morgan fingerprint density at radius 1 is 1.03 bits per heavy atom. The Labute approximate surface area is 169 Å². The van der Waals surface area contributed by atoms with Gasteiger partial charge in [0.25, 0.3) is 5.91 Å². The van der Waals surface area contributed by atoms with Crippen molar-refractivity contribution >= 4 is 17.7 Å². The van der Waals surface area contributed by atoms with Crippen molar-refractivity contribution in [3.8, 4) is 11.5 Å². The second-order valence-corrected chi connectivity index (χ2v) is 6.60. The molecule has 1 aliphatic heterocycles. The van der Waals surface area contributed by atoms with E-state index in [2.05, 4.69) is 9.97 Å². The molecule has 1 aliphatic rings. The topological polar surface area (TPSA) is 64.6 Å². The summed E-state index contributed by atoms with van der Waals surface area (Å²) in [5.41, 5.74) is 2.83. The maximum Gasteiger partial charge on any atom is 0.278 e. The lowest BCUT2D eigenvalue weighted by atomic mass is 10.2. The monoisotopic (exact) mass is 387 g/mol. The number of carbonyl (C=O) groups excluding carboxylic acids is 1. The normalized spacial score (nSPS) is 12.7. The zero-order valence-corrected chi connectivity index (χ0v) is 16.1. The molecule has 0 unspecified atom stereocenters. The quantitative estimate of drug-likeness (QED) is 0.664. The number of rotatable bonds is 5. The molecule has 146 valence electrons. The molecular formula is C23H21N3O3. The number of amides is 1. The van der Waals surface area contributed by atoms with Crippen LogP contribution >= 0.6 is 0 Å². The van der Waals surface area contributed by atoms with Crippen molar-refractivity contribution < 1.29 is 14.3 Å². The Morgan fingerprint density at radius 3 is 2.59 bits per heavy atom. The van der Waals surface area contributed by atoms with E-state index in [0.717, 1.165) is 11.3 Å². The van der Waals surface area contributed by atoms with Crippen LogP contribution in [0.4, 0.5) is 5.69 Å². The van der Waals surface area contributed by atoms with Crippen LogP contribution in [0.5, 0.6) is 11.5 Å². The molecule has 0 N–H and O–H groups in total. The van der Waals surface area contributed by atoms with Gasteiger partial charge in [0, 0.05) is 24.5 Å². The highest BCUT2D eigenvalue weighted by Gasteiger charge is 2.21. The molecular weight excluding hydrogens is 366 g/mol. The van der Waals surface area contributed by atoms with Crippen LogP contribution in [0.25, 0.3) is 6.08 Å². The molecule has 1 aromatic heterocycles. The standard InChI is InChI=1S/C23H21N3O3/c1-17-15-25-20(16-24-17)23(27)26(11-5-8-18-6-3-2-4-7-18)19-9-10-21-22(14-19)29-13-12-28-21/h2-10,14-16H,11-13H2,1H3.